The van der Waals surface area contributed by atoms with Gasteiger partial charge < -0.3 is 14.7 Å². The van der Waals surface area contributed by atoms with E-state index in [2.05, 4.69) is 25.7 Å². The fraction of sp³-hybridized carbons (Fsp3) is 1.00. The third-order valence-electron chi connectivity index (χ3n) is 7.40. The summed E-state index contributed by atoms with van der Waals surface area (Å²) in [6.45, 7) is 11.2. The van der Waals surface area contributed by atoms with Gasteiger partial charge in [-0.1, -0.05) is 27.2 Å². The second-order valence-corrected chi connectivity index (χ2v) is 8.77. The highest BCUT2D eigenvalue weighted by molar-refractivity contribution is 5.11. The Kier molecular flexibility index (Phi) is 4.87. The van der Waals surface area contributed by atoms with Crippen LogP contribution in [0.1, 0.15) is 65.7 Å². The standard InChI is InChI=1S/C19H35NO2/c1-18(2)15-7-9-19(18,3)17(13-15)22-12-8-16(21)14-20-10-5-4-6-11-20/h15-17,21H,4-14H2,1-3H3. The predicted octanol–water partition coefficient (Wildman–Crippen LogP) is 3.45. The van der Waals surface area contributed by atoms with Gasteiger partial charge in [0.2, 0.25) is 0 Å². The van der Waals surface area contributed by atoms with Crippen LogP contribution in [0.3, 0.4) is 0 Å². The number of fused-ring (bicyclic) bond motifs is 2. The van der Waals surface area contributed by atoms with E-state index < -0.39 is 0 Å². The maximum Gasteiger partial charge on any atom is 0.0689 e. The maximum absolute atomic E-state index is 10.3. The first-order valence-corrected chi connectivity index (χ1v) is 9.45. The van der Waals surface area contributed by atoms with Gasteiger partial charge in [0.15, 0.2) is 0 Å². The Balaban J connectivity index is 1.40. The van der Waals surface area contributed by atoms with E-state index in [9.17, 15) is 5.11 Å². The molecule has 1 heterocycles. The molecule has 1 N–H and O–H groups in total. The molecule has 22 heavy (non-hydrogen) atoms. The summed E-state index contributed by atoms with van der Waals surface area (Å²) in [4.78, 5) is 2.41. The van der Waals surface area contributed by atoms with Gasteiger partial charge >= 0.3 is 0 Å². The molecular weight excluding hydrogens is 274 g/mol. The molecule has 2 bridgehead atoms. The first-order valence-electron chi connectivity index (χ1n) is 9.45. The number of hydrogen-bond donors (Lipinski definition) is 1. The Bertz CT molecular complexity index is 378. The van der Waals surface area contributed by atoms with Crippen LogP contribution in [0.2, 0.25) is 0 Å². The molecule has 3 rings (SSSR count). The van der Waals surface area contributed by atoms with Gasteiger partial charge in [-0.2, -0.15) is 0 Å². The monoisotopic (exact) mass is 309 g/mol. The molecule has 128 valence electrons. The average Bonchev–Trinajstić information content (AvgIpc) is 2.81. The smallest absolute Gasteiger partial charge is 0.0689 e. The van der Waals surface area contributed by atoms with Gasteiger partial charge in [-0.3, -0.25) is 0 Å². The van der Waals surface area contributed by atoms with E-state index in [0.29, 0.717) is 16.9 Å². The van der Waals surface area contributed by atoms with Crippen molar-refractivity contribution in [2.75, 3.05) is 26.2 Å². The lowest BCUT2D eigenvalue weighted by Crippen LogP contribution is -2.39. The molecule has 2 aliphatic carbocycles. The normalized spacial score (nSPS) is 39.3. The quantitative estimate of drug-likeness (QED) is 0.815. The summed E-state index contributed by atoms with van der Waals surface area (Å²) < 4.78 is 6.26. The summed E-state index contributed by atoms with van der Waals surface area (Å²) in [5.74, 6) is 0.834. The number of β-amino-alcohol motifs (C(OH)–C–C–N with tert-alkyl or cyclic N) is 1. The summed E-state index contributed by atoms with van der Waals surface area (Å²) in [5, 5.41) is 10.3. The van der Waals surface area contributed by atoms with E-state index in [4.69, 9.17) is 4.74 Å². The molecule has 2 saturated carbocycles. The molecule has 4 atom stereocenters. The highest BCUT2D eigenvalue weighted by Crippen LogP contribution is 2.66. The number of piperidine rings is 1. The SMILES string of the molecule is CC1(C)C2CCC1(C)C(OCCC(O)CN1CCCCC1)C2. The summed E-state index contributed by atoms with van der Waals surface area (Å²) in [7, 11) is 0. The van der Waals surface area contributed by atoms with Crippen LogP contribution in [-0.2, 0) is 4.74 Å². The topological polar surface area (TPSA) is 32.7 Å². The molecule has 0 aromatic heterocycles. The van der Waals surface area contributed by atoms with Gasteiger partial charge in [-0.25, -0.2) is 0 Å². The van der Waals surface area contributed by atoms with Gasteiger partial charge in [-0.05, 0) is 68.4 Å². The van der Waals surface area contributed by atoms with Gasteiger partial charge in [0, 0.05) is 13.2 Å². The molecule has 3 nitrogen and oxygen atoms in total. The van der Waals surface area contributed by atoms with Crippen molar-refractivity contribution in [2.45, 2.75) is 77.9 Å². The molecular formula is C19H35NO2. The fourth-order valence-electron chi connectivity index (χ4n) is 5.26. The van der Waals surface area contributed by atoms with Crippen molar-refractivity contribution in [2.24, 2.45) is 16.7 Å². The minimum atomic E-state index is -0.225. The molecule has 3 fully saturated rings. The maximum atomic E-state index is 10.3. The van der Waals surface area contributed by atoms with E-state index in [0.717, 1.165) is 38.6 Å². The Morgan fingerprint density at radius 1 is 1.18 bits per heavy atom. The zero-order valence-corrected chi connectivity index (χ0v) is 14.8. The molecule has 3 aliphatic rings. The van der Waals surface area contributed by atoms with E-state index in [1.54, 1.807) is 0 Å². The number of aliphatic hydroxyl groups excluding tert-OH is 1. The lowest BCUT2D eigenvalue weighted by atomic mass is 9.70. The first-order chi connectivity index (χ1) is 10.4. The molecule has 0 radical (unpaired) electrons. The van der Waals surface area contributed by atoms with Crippen LogP contribution < -0.4 is 0 Å². The molecule has 0 spiro atoms. The third-order valence-corrected chi connectivity index (χ3v) is 7.40. The van der Waals surface area contributed by atoms with E-state index in [1.807, 2.05) is 0 Å². The number of likely N-dealkylation sites (tertiary alicyclic amines) is 1. The lowest BCUT2D eigenvalue weighted by Gasteiger charge is -2.39. The largest absolute Gasteiger partial charge is 0.392 e. The molecule has 3 heteroatoms. The summed E-state index contributed by atoms with van der Waals surface area (Å²) in [6.07, 6.45) is 8.82. The van der Waals surface area contributed by atoms with Gasteiger partial charge in [0.05, 0.1) is 12.2 Å². The number of ether oxygens (including phenoxy) is 1. The number of aliphatic hydroxyl groups is 1. The third kappa shape index (κ3) is 2.97. The molecule has 1 aliphatic heterocycles. The van der Waals surface area contributed by atoms with Crippen LogP contribution >= 0.6 is 0 Å². The van der Waals surface area contributed by atoms with Crippen LogP contribution in [0.15, 0.2) is 0 Å². The Morgan fingerprint density at radius 2 is 1.91 bits per heavy atom. The minimum absolute atomic E-state index is 0.225. The van der Waals surface area contributed by atoms with Crippen molar-refractivity contribution < 1.29 is 9.84 Å². The summed E-state index contributed by atoms with van der Waals surface area (Å²) in [5.41, 5.74) is 0.763. The average molecular weight is 309 g/mol. The second kappa shape index (κ2) is 6.41. The Hall–Kier alpha value is -0.120. The van der Waals surface area contributed by atoms with Crippen LogP contribution in [0.5, 0.6) is 0 Å². The van der Waals surface area contributed by atoms with E-state index in [-0.39, 0.29) is 6.10 Å². The summed E-state index contributed by atoms with van der Waals surface area (Å²) >= 11 is 0. The number of rotatable bonds is 6. The zero-order valence-electron chi connectivity index (χ0n) is 14.8. The van der Waals surface area contributed by atoms with E-state index >= 15 is 0 Å². The zero-order chi connectivity index (χ0) is 15.8. The van der Waals surface area contributed by atoms with Crippen molar-refractivity contribution in [1.82, 2.24) is 4.90 Å². The molecule has 4 unspecified atom stereocenters. The molecule has 0 aromatic rings. The second-order valence-electron chi connectivity index (χ2n) is 8.77. The highest BCUT2D eigenvalue weighted by atomic mass is 16.5. The first kappa shape index (κ1) is 16.7. The van der Waals surface area contributed by atoms with Crippen molar-refractivity contribution in [1.29, 1.82) is 0 Å². The molecule has 1 saturated heterocycles. The predicted molar refractivity (Wildman–Crippen MR) is 89.9 cm³/mol. The van der Waals surface area contributed by atoms with Crippen LogP contribution in [0.25, 0.3) is 0 Å². The van der Waals surface area contributed by atoms with Crippen LogP contribution in [0, 0.1) is 16.7 Å². The lowest BCUT2D eigenvalue weighted by molar-refractivity contribution is -0.0566. The fourth-order valence-corrected chi connectivity index (χ4v) is 5.26. The van der Waals surface area contributed by atoms with Gasteiger partial charge in [-0.15, -0.1) is 0 Å². The highest BCUT2D eigenvalue weighted by Gasteiger charge is 2.61. The van der Waals surface area contributed by atoms with Crippen molar-refractivity contribution in [3.05, 3.63) is 0 Å². The molecule has 0 aromatic carbocycles. The van der Waals surface area contributed by atoms with Crippen LogP contribution in [0.4, 0.5) is 0 Å². The van der Waals surface area contributed by atoms with Crippen molar-refractivity contribution in [3.63, 3.8) is 0 Å². The number of hydrogen-bond acceptors (Lipinski definition) is 3. The minimum Gasteiger partial charge on any atom is -0.392 e. The molecule has 0 amide bonds. The van der Waals surface area contributed by atoms with Crippen molar-refractivity contribution in [3.8, 4) is 0 Å². The van der Waals surface area contributed by atoms with E-state index in [1.165, 1.54) is 38.5 Å². The Morgan fingerprint density at radius 3 is 2.50 bits per heavy atom. The van der Waals surface area contributed by atoms with Crippen LogP contribution in [-0.4, -0.2) is 48.5 Å². The van der Waals surface area contributed by atoms with Gasteiger partial charge in [0.25, 0.3) is 0 Å². The van der Waals surface area contributed by atoms with Gasteiger partial charge in [0.1, 0.15) is 0 Å². The number of nitrogens with zero attached hydrogens (tertiary/aromatic N) is 1. The van der Waals surface area contributed by atoms with Crippen molar-refractivity contribution >= 4 is 0 Å². The Labute approximate surface area is 136 Å². The summed E-state index contributed by atoms with van der Waals surface area (Å²) in [6, 6.07) is 0.